The van der Waals surface area contributed by atoms with E-state index in [9.17, 15) is 8.42 Å². The third-order valence-electron chi connectivity index (χ3n) is 6.87. The highest BCUT2D eigenvalue weighted by Gasteiger charge is 2.40. The van der Waals surface area contributed by atoms with Crippen molar-refractivity contribution in [3.63, 3.8) is 0 Å². The van der Waals surface area contributed by atoms with Crippen LogP contribution in [-0.2, 0) is 16.4 Å². The van der Waals surface area contributed by atoms with Gasteiger partial charge in [-0.3, -0.25) is 4.90 Å². The number of benzene rings is 2. The summed E-state index contributed by atoms with van der Waals surface area (Å²) >= 11 is 3.77. The Kier molecular flexibility index (Phi) is 5.07. The van der Waals surface area contributed by atoms with Crippen molar-refractivity contribution in [2.75, 3.05) is 13.1 Å². The largest absolute Gasteiger partial charge is 0.294 e. The molecular weight excluding hydrogens is 460 g/mol. The van der Waals surface area contributed by atoms with E-state index >= 15 is 0 Å². The molecule has 2 aliphatic heterocycles. The van der Waals surface area contributed by atoms with Gasteiger partial charge in [0.15, 0.2) is 0 Å². The number of fused-ring (bicyclic) bond motifs is 5. The third kappa shape index (κ3) is 3.15. The van der Waals surface area contributed by atoms with Gasteiger partial charge in [0.25, 0.3) is 10.0 Å². The van der Waals surface area contributed by atoms with Crippen LogP contribution in [-0.4, -0.2) is 35.2 Å². The lowest BCUT2D eigenvalue weighted by molar-refractivity contribution is 0.0968. The predicted molar refractivity (Wildman–Crippen MR) is 125 cm³/mol. The zero-order valence-electron chi connectivity index (χ0n) is 17.4. The van der Waals surface area contributed by atoms with Crippen LogP contribution in [0.4, 0.5) is 0 Å². The standard InChI is InChI=1S/C24H27BrN2O2S/c1-16-7-10-19(11-8-16)30(28,29)27-22-6-4-3-5-20(22)21-13-14-26-15-18(17(2)25)9-12-23(26)24(21)27/h3-8,10-11,17-18,23H,9,12-15H2,1-2H3/t17-,18+,23-/m0/s1. The van der Waals surface area contributed by atoms with Crippen LogP contribution < -0.4 is 0 Å². The Balaban J connectivity index is 1.71. The maximum atomic E-state index is 13.9. The summed E-state index contributed by atoms with van der Waals surface area (Å²) in [7, 11) is -3.68. The van der Waals surface area contributed by atoms with E-state index in [1.807, 2.05) is 37.3 Å². The molecule has 30 heavy (non-hydrogen) atoms. The van der Waals surface area contributed by atoms with Crippen molar-refractivity contribution in [3.8, 4) is 0 Å². The van der Waals surface area contributed by atoms with Gasteiger partial charge in [-0.1, -0.05) is 58.7 Å². The molecule has 158 valence electrons. The first kappa shape index (κ1) is 20.3. The van der Waals surface area contributed by atoms with Gasteiger partial charge in [-0.15, -0.1) is 0 Å². The minimum absolute atomic E-state index is 0.156. The lowest BCUT2D eigenvalue weighted by Crippen LogP contribution is -2.45. The van der Waals surface area contributed by atoms with Crippen LogP contribution in [0.3, 0.4) is 0 Å². The fraction of sp³-hybridized carbons (Fsp3) is 0.417. The van der Waals surface area contributed by atoms with Crippen molar-refractivity contribution < 1.29 is 8.42 Å². The third-order valence-corrected chi connectivity index (χ3v) is 9.36. The Hall–Kier alpha value is -1.63. The topological polar surface area (TPSA) is 42.3 Å². The molecule has 1 fully saturated rings. The number of hydrogen-bond acceptors (Lipinski definition) is 3. The monoisotopic (exact) mass is 486 g/mol. The van der Waals surface area contributed by atoms with Crippen LogP contribution in [0, 0.1) is 12.8 Å². The summed E-state index contributed by atoms with van der Waals surface area (Å²) in [4.78, 5) is 3.34. The molecule has 0 spiro atoms. The molecule has 0 radical (unpaired) electrons. The highest BCUT2D eigenvalue weighted by Crippen LogP contribution is 2.44. The van der Waals surface area contributed by atoms with Gasteiger partial charge in [0.05, 0.1) is 22.1 Å². The number of rotatable bonds is 3. The summed E-state index contributed by atoms with van der Waals surface area (Å²) in [5.74, 6) is 0.606. The van der Waals surface area contributed by atoms with Crippen molar-refractivity contribution >= 4 is 36.9 Å². The SMILES string of the molecule is Cc1ccc(S(=O)(=O)n2c3c(c4ccccc42)CCN2C[C@H]([C@H](C)Br)CC[C@@H]32)cc1. The van der Waals surface area contributed by atoms with E-state index in [-0.39, 0.29) is 6.04 Å². The molecule has 1 saturated heterocycles. The Morgan fingerprint density at radius 1 is 1.07 bits per heavy atom. The van der Waals surface area contributed by atoms with Crippen LogP contribution in [0.2, 0.25) is 0 Å². The maximum Gasteiger partial charge on any atom is 0.268 e. The van der Waals surface area contributed by atoms with Crippen LogP contribution in [0.25, 0.3) is 10.9 Å². The van der Waals surface area contributed by atoms with E-state index in [1.165, 1.54) is 5.56 Å². The molecule has 3 atom stereocenters. The second-order valence-electron chi connectivity index (χ2n) is 8.74. The summed E-state index contributed by atoms with van der Waals surface area (Å²) in [6.07, 6.45) is 3.00. The summed E-state index contributed by atoms with van der Waals surface area (Å²) in [5, 5.41) is 1.08. The number of piperidine rings is 1. The molecule has 0 unspecified atom stereocenters. The van der Waals surface area contributed by atoms with Crippen LogP contribution in [0.5, 0.6) is 0 Å². The van der Waals surface area contributed by atoms with Gasteiger partial charge in [-0.05, 0) is 55.9 Å². The molecule has 2 aliphatic rings. The van der Waals surface area contributed by atoms with Gasteiger partial charge in [-0.25, -0.2) is 12.4 Å². The smallest absolute Gasteiger partial charge is 0.268 e. The number of aryl methyl sites for hydroxylation is 1. The molecule has 0 bridgehead atoms. The van der Waals surface area contributed by atoms with Crippen LogP contribution in [0.1, 0.15) is 42.6 Å². The Morgan fingerprint density at radius 2 is 1.80 bits per heavy atom. The average molecular weight is 487 g/mol. The van der Waals surface area contributed by atoms with Gasteiger partial charge in [0.2, 0.25) is 0 Å². The Morgan fingerprint density at radius 3 is 2.53 bits per heavy atom. The molecule has 2 aromatic carbocycles. The van der Waals surface area contributed by atoms with Gasteiger partial charge in [0, 0.05) is 23.3 Å². The number of hydrogen-bond donors (Lipinski definition) is 0. The fourth-order valence-electron chi connectivity index (χ4n) is 5.23. The number of alkyl halides is 1. The minimum atomic E-state index is -3.68. The molecule has 1 aromatic heterocycles. The molecule has 0 saturated carbocycles. The molecule has 0 aliphatic carbocycles. The van der Waals surface area contributed by atoms with Gasteiger partial charge in [0.1, 0.15) is 0 Å². The Labute approximate surface area is 187 Å². The van der Waals surface area contributed by atoms with Crippen molar-refractivity contribution in [2.24, 2.45) is 5.92 Å². The molecule has 0 N–H and O–H groups in total. The molecular formula is C24H27BrN2O2S. The van der Waals surface area contributed by atoms with Crippen molar-refractivity contribution in [1.29, 1.82) is 0 Å². The van der Waals surface area contributed by atoms with Gasteiger partial charge in [-0.2, -0.15) is 0 Å². The van der Waals surface area contributed by atoms with E-state index in [2.05, 4.69) is 33.8 Å². The molecule has 0 amide bonds. The highest BCUT2D eigenvalue weighted by molar-refractivity contribution is 9.09. The van der Waals surface area contributed by atoms with Crippen molar-refractivity contribution in [3.05, 3.63) is 65.4 Å². The average Bonchev–Trinajstić information content (AvgIpc) is 3.09. The van der Waals surface area contributed by atoms with Gasteiger partial charge < -0.3 is 0 Å². The van der Waals surface area contributed by atoms with E-state index in [0.29, 0.717) is 15.6 Å². The zero-order chi connectivity index (χ0) is 21.0. The Bertz CT molecular complexity index is 1200. The van der Waals surface area contributed by atoms with E-state index in [4.69, 9.17) is 0 Å². The molecule has 6 heteroatoms. The summed E-state index contributed by atoms with van der Waals surface area (Å²) in [5.41, 5.74) is 4.07. The number of para-hydroxylation sites is 1. The van der Waals surface area contributed by atoms with E-state index < -0.39 is 10.0 Å². The number of aromatic nitrogens is 1. The lowest BCUT2D eigenvalue weighted by atomic mass is 9.85. The van der Waals surface area contributed by atoms with E-state index in [0.717, 1.165) is 54.5 Å². The maximum absolute atomic E-state index is 13.9. The zero-order valence-corrected chi connectivity index (χ0v) is 19.8. The second kappa shape index (κ2) is 7.50. The first-order valence-corrected chi connectivity index (χ1v) is 13.1. The summed E-state index contributed by atoms with van der Waals surface area (Å²) < 4.78 is 29.4. The highest BCUT2D eigenvalue weighted by atomic mass is 79.9. The van der Waals surface area contributed by atoms with E-state index in [1.54, 1.807) is 16.1 Å². The second-order valence-corrected chi connectivity index (χ2v) is 12.0. The number of halogens is 1. The van der Waals surface area contributed by atoms with Crippen molar-refractivity contribution in [2.45, 2.75) is 48.9 Å². The molecule has 3 aromatic rings. The normalized spacial score (nSPS) is 23.2. The minimum Gasteiger partial charge on any atom is -0.294 e. The van der Waals surface area contributed by atoms with Crippen LogP contribution in [0.15, 0.2) is 53.4 Å². The number of nitrogens with zero attached hydrogens (tertiary/aromatic N) is 2. The first-order chi connectivity index (χ1) is 14.4. The van der Waals surface area contributed by atoms with Crippen LogP contribution >= 0.6 is 15.9 Å². The summed E-state index contributed by atoms with van der Waals surface area (Å²) in [6, 6.07) is 15.4. The van der Waals surface area contributed by atoms with Crippen molar-refractivity contribution in [1.82, 2.24) is 8.87 Å². The predicted octanol–water partition coefficient (Wildman–Crippen LogP) is 5.28. The first-order valence-electron chi connectivity index (χ1n) is 10.7. The lowest BCUT2D eigenvalue weighted by Gasteiger charge is -2.44. The molecule has 5 rings (SSSR count). The quantitative estimate of drug-likeness (QED) is 0.472. The fourth-order valence-corrected chi connectivity index (χ4v) is 7.26. The molecule has 3 heterocycles. The molecule has 4 nitrogen and oxygen atoms in total. The van der Waals surface area contributed by atoms with Gasteiger partial charge >= 0.3 is 0 Å². The summed E-state index contributed by atoms with van der Waals surface area (Å²) in [6.45, 7) is 6.21.